The van der Waals surface area contributed by atoms with Crippen LogP contribution >= 0.6 is 0 Å². The first-order valence-corrected chi connectivity index (χ1v) is 6.99. The second kappa shape index (κ2) is 6.55. The average Bonchev–Trinajstić information content (AvgIpc) is 2.98. The van der Waals surface area contributed by atoms with Gasteiger partial charge in [-0.15, -0.1) is 0 Å². The van der Waals surface area contributed by atoms with Gasteiger partial charge in [-0.25, -0.2) is 18.7 Å². The Labute approximate surface area is 131 Å². The van der Waals surface area contributed by atoms with Crippen molar-refractivity contribution in [1.29, 1.82) is 0 Å². The second-order valence-electron chi connectivity index (χ2n) is 4.95. The molecule has 0 aliphatic carbocycles. The van der Waals surface area contributed by atoms with Crippen LogP contribution in [0, 0.1) is 0 Å². The van der Waals surface area contributed by atoms with E-state index in [1.807, 2.05) is 7.05 Å². The number of anilines is 2. The quantitative estimate of drug-likeness (QED) is 0.757. The van der Waals surface area contributed by atoms with Crippen LogP contribution in [-0.2, 0) is 7.05 Å². The average molecular weight is 319 g/mol. The monoisotopic (exact) mass is 319 g/mol. The van der Waals surface area contributed by atoms with Crippen molar-refractivity contribution in [2.24, 2.45) is 7.05 Å². The number of halogens is 2. The highest BCUT2D eigenvalue weighted by Gasteiger charge is 2.12. The van der Waals surface area contributed by atoms with Gasteiger partial charge in [0.15, 0.2) is 11.9 Å². The van der Waals surface area contributed by atoms with E-state index in [0.717, 1.165) is 0 Å². The van der Waals surface area contributed by atoms with Crippen LogP contribution in [0.15, 0.2) is 36.8 Å². The van der Waals surface area contributed by atoms with Crippen LogP contribution in [0.3, 0.4) is 0 Å². The number of aromatic nitrogens is 4. The van der Waals surface area contributed by atoms with Gasteiger partial charge in [0.05, 0.1) is 5.52 Å². The van der Waals surface area contributed by atoms with E-state index in [4.69, 9.17) is 4.74 Å². The van der Waals surface area contributed by atoms with Crippen molar-refractivity contribution in [1.82, 2.24) is 19.7 Å². The number of hydrogen-bond acceptors (Lipinski definition) is 5. The van der Waals surface area contributed by atoms with E-state index < -0.39 is 19.5 Å². The van der Waals surface area contributed by atoms with E-state index in [2.05, 4.69) is 20.4 Å². The molecule has 23 heavy (non-hydrogen) atoms. The summed E-state index contributed by atoms with van der Waals surface area (Å²) in [4.78, 5) is 8.37. The van der Waals surface area contributed by atoms with Gasteiger partial charge in [-0.3, -0.25) is 4.68 Å². The van der Waals surface area contributed by atoms with E-state index >= 15 is 0 Å². The lowest BCUT2D eigenvalue weighted by molar-refractivity contribution is 0.134. The van der Waals surface area contributed by atoms with Crippen molar-refractivity contribution in [3.8, 4) is 5.75 Å². The van der Waals surface area contributed by atoms with Gasteiger partial charge in [0.1, 0.15) is 31.2 Å². The van der Waals surface area contributed by atoms with E-state index in [0.29, 0.717) is 28.3 Å². The summed E-state index contributed by atoms with van der Waals surface area (Å²) in [6.07, 6.45) is 2.12. The van der Waals surface area contributed by atoms with Crippen molar-refractivity contribution in [2.75, 3.05) is 18.7 Å². The van der Waals surface area contributed by atoms with Crippen LogP contribution in [0.5, 0.6) is 5.75 Å². The normalized spacial score (nSPS) is 11.1. The summed E-state index contributed by atoms with van der Waals surface area (Å²) in [5.41, 5.74) is 0.683. The molecule has 6 nitrogen and oxygen atoms in total. The van der Waals surface area contributed by atoms with E-state index in [9.17, 15) is 8.78 Å². The smallest absolute Gasteiger partial charge is 0.155 e. The van der Waals surface area contributed by atoms with E-state index in [1.165, 1.54) is 6.33 Å². The molecule has 0 bridgehead atoms. The van der Waals surface area contributed by atoms with Crippen molar-refractivity contribution < 1.29 is 13.5 Å². The van der Waals surface area contributed by atoms with Gasteiger partial charge in [-0.2, -0.15) is 5.10 Å². The molecule has 0 unspecified atom stereocenters. The molecule has 0 aliphatic rings. The Bertz CT molecular complexity index is 803. The predicted molar refractivity (Wildman–Crippen MR) is 82.4 cm³/mol. The molecule has 0 spiro atoms. The van der Waals surface area contributed by atoms with Gasteiger partial charge in [0, 0.05) is 24.7 Å². The number of nitrogens with one attached hydrogen (secondary N) is 1. The molecule has 120 valence electrons. The molecular weight excluding hydrogens is 304 g/mol. The number of ether oxygens (including phenoxy) is 1. The molecule has 0 saturated heterocycles. The largest absolute Gasteiger partial charge is 0.485 e. The zero-order valence-electron chi connectivity index (χ0n) is 12.4. The molecule has 8 heteroatoms. The number of aryl methyl sites for hydroxylation is 1. The fourth-order valence-electron chi connectivity index (χ4n) is 2.11. The third-order valence-corrected chi connectivity index (χ3v) is 3.21. The molecule has 0 saturated carbocycles. The Morgan fingerprint density at radius 2 is 2.04 bits per heavy atom. The molecule has 2 heterocycles. The van der Waals surface area contributed by atoms with Crippen LogP contribution in [0.2, 0.25) is 0 Å². The topological polar surface area (TPSA) is 64.9 Å². The fourth-order valence-corrected chi connectivity index (χ4v) is 2.11. The minimum absolute atomic E-state index is 0.358. The lowest BCUT2D eigenvalue weighted by Crippen LogP contribution is -2.21. The first kappa shape index (κ1) is 15.1. The highest BCUT2D eigenvalue weighted by molar-refractivity contribution is 5.91. The lowest BCUT2D eigenvalue weighted by Gasteiger charge is -2.13. The van der Waals surface area contributed by atoms with Crippen molar-refractivity contribution in [2.45, 2.75) is 6.10 Å². The molecule has 3 rings (SSSR count). The maximum absolute atomic E-state index is 12.6. The number of rotatable bonds is 6. The standard InChI is InChI=1S/C15H15F2N5O/c1-22-5-4-14(21-22)20-15-12-6-10(23-11(7-16)8-17)2-3-13(12)18-9-19-15/h2-6,9,11H,7-8H2,1H3,(H,18,19,20,21). The molecule has 0 amide bonds. The fraction of sp³-hybridized carbons (Fsp3) is 0.267. The van der Waals surface area contributed by atoms with Crippen molar-refractivity contribution >= 4 is 22.5 Å². The maximum atomic E-state index is 12.6. The third-order valence-electron chi connectivity index (χ3n) is 3.21. The Kier molecular flexibility index (Phi) is 4.31. The van der Waals surface area contributed by atoms with Gasteiger partial charge < -0.3 is 10.1 Å². The van der Waals surface area contributed by atoms with Crippen LogP contribution in [0.25, 0.3) is 10.9 Å². The Balaban J connectivity index is 1.94. The SMILES string of the molecule is Cn1ccc(Nc2ncnc3ccc(OC(CF)CF)cc23)n1. The maximum Gasteiger partial charge on any atom is 0.155 e. The zero-order chi connectivity index (χ0) is 16.2. The molecule has 0 fully saturated rings. The summed E-state index contributed by atoms with van der Waals surface area (Å²) in [6, 6.07) is 6.79. The molecular formula is C15H15F2N5O. The highest BCUT2D eigenvalue weighted by atomic mass is 19.1. The number of hydrogen-bond donors (Lipinski definition) is 1. The van der Waals surface area contributed by atoms with Crippen molar-refractivity contribution in [3.63, 3.8) is 0 Å². The molecule has 3 aromatic rings. The van der Waals surface area contributed by atoms with E-state index in [-0.39, 0.29) is 0 Å². The van der Waals surface area contributed by atoms with E-state index in [1.54, 1.807) is 35.1 Å². The second-order valence-corrected chi connectivity index (χ2v) is 4.95. The lowest BCUT2D eigenvalue weighted by atomic mass is 10.2. The third kappa shape index (κ3) is 3.36. The summed E-state index contributed by atoms with van der Waals surface area (Å²) in [7, 11) is 1.81. The summed E-state index contributed by atoms with van der Waals surface area (Å²) in [5, 5.41) is 7.99. The first-order valence-electron chi connectivity index (χ1n) is 6.99. The summed E-state index contributed by atoms with van der Waals surface area (Å²) >= 11 is 0. The summed E-state index contributed by atoms with van der Waals surface area (Å²) in [5.74, 6) is 1.53. The first-order chi connectivity index (χ1) is 11.2. The van der Waals surface area contributed by atoms with Gasteiger partial charge >= 0.3 is 0 Å². The number of benzene rings is 1. The summed E-state index contributed by atoms with van der Waals surface area (Å²) in [6.45, 7) is -1.78. The van der Waals surface area contributed by atoms with Gasteiger partial charge in [0.2, 0.25) is 0 Å². The Morgan fingerprint density at radius 3 is 2.74 bits per heavy atom. The summed E-state index contributed by atoms with van der Waals surface area (Å²) < 4.78 is 32.2. The van der Waals surface area contributed by atoms with Crippen molar-refractivity contribution in [3.05, 3.63) is 36.8 Å². The molecule has 2 aromatic heterocycles. The van der Waals surface area contributed by atoms with Crippen LogP contribution in [0.4, 0.5) is 20.4 Å². The van der Waals surface area contributed by atoms with Crippen LogP contribution in [0.1, 0.15) is 0 Å². The Morgan fingerprint density at radius 1 is 1.22 bits per heavy atom. The zero-order valence-corrected chi connectivity index (χ0v) is 12.4. The number of nitrogens with zero attached hydrogens (tertiary/aromatic N) is 4. The minimum Gasteiger partial charge on any atom is -0.485 e. The number of alkyl halides is 2. The molecule has 1 aromatic carbocycles. The minimum atomic E-state index is -1.11. The molecule has 0 atom stereocenters. The molecule has 0 aliphatic heterocycles. The number of fused-ring (bicyclic) bond motifs is 1. The highest BCUT2D eigenvalue weighted by Crippen LogP contribution is 2.26. The predicted octanol–water partition coefficient (Wildman–Crippen LogP) is 2.79. The van der Waals surface area contributed by atoms with Crippen LogP contribution < -0.4 is 10.1 Å². The van der Waals surface area contributed by atoms with Gasteiger partial charge in [-0.1, -0.05) is 0 Å². The Hall–Kier alpha value is -2.77. The van der Waals surface area contributed by atoms with Crippen LogP contribution in [-0.4, -0.2) is 39.2 Å². The van der Waals surface area contributed by atoms with Gasteiger partial charge in [0.25, 0.3) is 0 Å². The molecule has 1 N–H and O–H groups in total. The molecule has 0 radical (unpaired) electrons. The van der Waals surface area contributed by atoms with Gasteiger partial charge in [-0.05, 0) is 18.2 Å².